The van der Waals surface area contributed by atoms with Crippen molar-refractivity contribution >= 4 is 5.91 Å². The Morgan fingerprint density at radius 3 is 2.75 bits per heavy atom. The molecule has 2 aliphatic rings. The van der Waals surface area contributed by atoms with E-state index >= 15 is 0 Å². The van der Waals surface area contributed by atoms with Crippen LogP contribution >= 0.6 is 0 Å². The van der Waals surface area contributed by atoms with Crippen LogP contribution < -0.4 is 4.74 Å². The Balaban J connectivity index is 1.73. The lowest BCUT2D eigenvalue weighted by atomic mass is 9.87. The number of amides is 1. The topological polar surface area (TPSA) is 49.8 Å². The number of aliphatic hydroxyl groups is 1. The number of methoxy groups -OCH3 is 1. The number of hydrogen-bond acceptors (Lipinski definition) is 3. The fourth-order valence-electron chi connectivity index (χ4n) is 3.70. The zero-order valence-electron chi connectivity index (χ0n) is 11.8. The van der Waals surface area contributed by atoms with E-state index in [9.17, 15) is 9.90 Å². The third kappa shape index (κ3) is 2.08. The Morgan fingerprint density at radius 2 is 2.15 bits per heavy atom. The van der Waals surface area contributed by atoms with Crippen LogP contribution in [0, 0.1) is 5.92 Å². The quantitative estimate of drug-likeness (QED) is 0.908. The summed E-state index contributed by atoms with van der Waals surface area (Å²) in [7, 11) is 1.65. The summed E-state index contributed by atoms with van der Waals surface area (Å²) < 4.78 is 5.15. The number of benzene rings is 1. The molecule has 0 aromatic heterocycles. The van der Waals surface area contributed by atoms with Crippen LogP contribution in [-0.2, 0) is 11.2 Å². The molecule has 1 amide bonds. The molecule has 0 saturated carbocycles. The smallest absolute Gasteiger partial charge is 0.226 e. The first kappa shape index (κ1) is 13.4. The Bertz CT molecular complexity index is 499. The van der Waals surface area contributed by atoms with E-state index in [0.717, 1.165) is 43.5 Å². The minimum Gasteiger partial charge on any atom is -0.497 e. The molecule has 0 aliphatic carbocycles. The van der Waals surface area contributed by atoms with E-state index in [1.54, 1.807) is 7.11 Å². The monoisotopic (exact) mass is 275 g/mol. The largest absolute Gasteiger partial charge is 0.497 e. The Kier molecular flexibility index (Phi) is 3.42. The van der Waals surface area contributed by atoms with Crippen LogP contribution in [0.1, 0.15) is 24.8 Å². The summed E-state index contributed by atoms with van der Waals surface area (Å²) in [5, 5.41) is 9.69. The van der Waals surface area contributed by atoms with E-state index < -0.39 is 0 Å². The zero-order valence-corrected chi connectivity index (χ0v) is 11.8. The average Bonchev–Trinajstić information content (AvgIpc) is 3.00. The number of ether oxygens (including phenoxy) is 1. The number of carbonyl (C=O) groups is 1. The van der Waals surface area contributed by atoms with Crippen molar-refractivity contribution in [3.8, 4) is 5.75 Å². The second-order valence-corrected chi connectivity index (χ2v) is 5.93. The molecule has 2 unspecified atom stereocenters. The molecule has 1 N–H and O–H groups in total. The van der Waals surface area contributed by atoms with Gasteiger partial charge in [-0.15, -0.1) is 0 Å². The third-order valence-corrected chi connectivity index (χ3v) is 4.77. The van der Waals surface area contributed by atoms with Gasteiger partial charge in [-0.1, -0.05) is 12.1 Å². The van der Waals surface area contributed by atoms with Crippen molar-refractivity contribution in [2.45, 2.75) is 31.2 Å². The van der Waals surface area contributed by atoms with Gasteiger partial charge in [0.2, 0.25) is 5.91 Å². The summed E-state index contributed by atoms with van der Waals surface area (Å²) in [5.41, 5.74) is 0.882. The van der Waals surface area contributed by atoms with Crippen molar-refractivity contribution in [1.82, 2.24) is 4.90 Å². The lowest BCUT2D eigenvalue weighted by Crippen LogP contribution is -2.43. The van der Waals surface area contributed by atoms with Gasteiger partial charge in [0.05, 0.1) is 19.3 Å². The van der Waals surface area contributed by atoms with Crippen LogP contribution in [0.5, 0.6) is 5.75 Å². The van der Waals surface area contributed by atoms with Gasteiger partial charge in [-0.3, -0.25) is 4.79 Å². The number of fused-ring (bicyclic) bond motifs is 1. The summed E-state index contributed by atoms with van der Waals surface area (Å²) in [5.74, 6) is 1.06. The minimum absolute atomic E-state index is 0.0100. The highest BCUT2D eigenvalue weighted by atomic mass is 16.5. The Hall–Kier alpha value is -1.55. The molecule has 4 nitrogen and oxygen atoms in total. The third-order valence-electron chi connectivity index (χ3n) is 4.77. The van der Waals surface area contributed by atoms with Crippen LogP contribution in [0.4, 0.5) is 0 Å². The number of nitrogens with zero attached hydrogens (tertiary/aromatic N) is 1. The molecule has 2 fully saturated rings. The standard InChI is InChI=1S/C16H21NO3/c1-20-14-5-3-12(4-6-14)9-13-10-16(11-18)7-2-8-17(16)15(13)19/h3-6,13,18H,2,7-11H2,1H3. The molecule has 1 aromatic rings. The Labute approximate surface area is 119 Å². The van der Waals surface area contributed by atoms with Crippen LogP contribution in [0.25, 0.3) is 0 Å². The predicted octanol–water partition coefficient (Wildman–Crippen LogP) is 1.61. The van der Waals surface area contributed by atoms with Crippen molar-refractivity contribution in [2.75, 3.05) is 20.3 Å². The molecule has 2 heterocycles. The summed E-state index contributed by atoms with van der Waals surface area (Å²) in [6, 6.07) is 7.89. The van der Waals surface area contributed by atoms with Gasteiger partial charge >= 0.3 is 0 Å². The van der Waals surface area contributed by atoms with Crippen LogP contribution in [-0.4, -0.2) is 41.7 Å². The van der Waals surface area contributed by atoms with Crippen molar-refractivity contribution in [3.63, 3.8) is 0 Å². The van der Waals surface area contributed by atoms with E-state index in [-0.39, 0.29) is 24.0 Å². The number of carbonyl (C=O) groups excluding carboxylic acids is 1. The molecular weight excluding hydrogens is 254 g/mol. The van der Waals surface area contributed by atoms with E-state index in [0.29, 0.717) is 0 Å². The first-order valence-electron chi connectivity index (χ1n) is 7.24. The normalized spacial score (nSPS) is 28.8. The molecule has 2 aliphatic heterocycles. The zero-order chi connectivity index (χ0) is 14.2. The molecule has 108 valence electrons. The second kappa shape index (κ2) is 5.09. The fraction of sp³-hybridized carbons (Fsp3) is 0.562. The molecule has 3 rings (SSSR count). The summed E-state index contributed by atoms with van der Waals surface area (Å²) in [4.78, 5) is 14.4. The number of aliphatic hydroxyl groups excluding tert-OH is 1. The first-order valence-corrected chi connectivity index (χ1v) is 7.24. The molecule has 20 heavy (non-hydrogen) atoms. The summed E-state index contributed by atoms with van der Waals surface area (Å²) in [6.07, 6.45) is 3.49. The van der Waals surface area contributed by atoms with Gasteiger partial charge in [-0.25, -0.2) is 0 Å². The highest BCUT2D eigenvalue weighted by Crippen LogP contribution is 2.43. The van der Waals surface area contributed by atoms with Gasteiger partial charge in [-0.05, 0) is 43.4 Å². The molecule has 2 atom stereocenters. The van der Waals surface area contributed by atoms with Gasteiger partial charge in [0.25, 0.3) is 0 Å². The van der Waals surface area contributed by atoms with Crippen molar-refractivity contribution in [1.29, 1.82) is 0 Å². The van der Waals surface area contributed by atoms with Crippen LogP contribution in [0.15, 0.2) is 24.3 Å². The molecule has 0 spiro atoms. The molecule has 4 heteroatoms. The summed E-state index contributed by atoms with van der Waals surface area (Å²) in [6.45, 7) is 0.899. The maximum atomic E-state index is 12.5. The van der Waals surface area contributed by atoms with Gasteiger partial charge in [0, 0.05) is 12.5 Å². The predicted molar refractivity (Wildman–Crippen MR) is 75.6 cm³/mol. The Morgan fingerprint density at radius 1 is 1.40 bits per heavy atom. The van der Waals surface area contributed by atoms with E-state index in [1.165, 1.54) is 0 Å². The van der Waals surface area contributed by atoms with Gasteiger partial charge < -0.3 is 14.7 Å². The average molecular weight is 275 g/mol. The summed E-state index contributed by atoms with van der Waals surface area (Å²) >= 11 is 0. The minimum atomic E-state index is -0.270. The van der Waals surface area contributed by atoms with Gasteiger partial charge in [0.15, 0.2) is 0 Å². The van der Waals surface area contributed by atoms with E-state index in [4.69, 9.17) is 4.74 Å². The van der Waals surface area contributed by atoms with Crippen LogP contribution in [0.2, 0.25) is 0 Å². The molecule has 0 bridgehead atoms. The van der Waals surface area contributed by atoms with Gasteiger partial charge in [0.1, 0.15) is 5.75 Å². The highest BCUT2D eigenvalue weighted by molar-refractivity contribution is 5.83. The number of hydrogen-bond donors (Lipinski definition) is 1. The molecule has 2 saturated heterocycles. The SMILES string of the molecule is COc1ccc(CC2CC3(CO)CCCN3C2=O)cc1. The molecule has 1 aromatic carbocycles. The van der Waals surface area contributed by atoms with Gasteiger partial charge in [-0.2, -0.15) is 0 Å². The van der Waals surface area contributed by atoms with Crippen molar-refractivity contribution in [3.05, 3.63) is 29.8 Å². The number of rotatable bonds is 4. The van der Waals surface area contributed by atoms with Crippen molar-refractivity contribution < 1.29 is 14.6 Å². The molecule has 0 radical (unpaired) electrons. The highest BCUT2D eigenvalue weighted by Gasteiger charge is 2.52. The van der Waals surface area contributed by atoms with Crippen LogP contribution in [0.3, 0.4) is 0 Å². The van der Waals surface area contributed by atoms with E-state index in [1.807, 2.05) is 29.2 Å². The maximum Gasteiger partial charge on any atom is 0.226 e. The first-order chi connectivity index (χ1) is 9.68. The lowest BCUT2D eigenvalue weighted by Gasteiger charge is -2.29. The fourth-order valence-corrected chi connectivity index (χ4v) is 3.70. The second-order valence-electron chi connectivity index (χ2n) is 5.93. The maximum absolute atomic E-state index is 12.5. The lowest BCUT2D eigenvalue weighted by molar-refractivity contribution is -0.133. The van der Waals surface area contributed by atoms with E-state index in [2.05, 4.69) is 0 Å². The molecular formula is C16H21NO3. The van der Waals surface area contributed by atoms with Crippen molar-refractivity contribution in [2.24, 2.45) is 5.92 Å².